The molecule has 0 spiro atoms. The van der Waals surface area contributed by atoms with Crippen LogP contribution >= 0.6 is 0 Å². The predicted molar refractivity (Wildman–Crippen MR) is 133 cm³/mol. The van der Waals surface area contributed by atoms with Gasteiger partial charge in [-0.3, -0.25) is 4.57 Å². The summed E-state index contributed by atoms with van der Waals surface area (Å²) in [6, 6.07) is 20.2. The van der Waals surface area contributed by atoms with Crippen LogP contribution in [0, 0.1) is 0 Å². The number of hydrogen-bond donors (Lipinski definition) is 2. The van der Waals surface area contributed by atoms with Gasteiger partial charge < -0.3 is 15.4 Å². The molecule has 8 heteroatoms. The van der Waals surface area contributed by atoms with E-state index in [0.29, 0.717) is 12.0 Å². The zero-order chi connectivity index (χ0) is 22.9. The molecule has 0 amide bonds. The van der Waals surface area contributed by atoms with Gasteiger partial charge >= 0.3 is 0 Å². The molecule has 0 aliphatic carbocycles. The number of rotatable bonds is 5. The molecule has 0 saturated carbocycles. The lowest BCUT2D eigenvalue weighted by atomic mass is 10.1. The molecule has 0 radical (unpaired) electrons. The Bertz CT molecular complexity index is 1470. The van der Waals surface area contributed by atoms with Gasteiger partial charge in [0.1, 0.15) is 17.3 Å². The van der Waals surface area contributed by atoms with Gasteiger partial charge in [0.2, 0.25) is 5.95 Å². The van der Waals surface area contributed by atoms with Gasteiger partial charge in [-0.15, -0.1) is 0 Å². The highest BCUT2D eigenvalue weighted by atomic mass is 16.5. The van der Waals surface area contributed by atoms with Gasteiger partial charge in [0.15, 0.2) is 5.82 Å². The fraction of sp³-hybridized carbons (Fsp3) is 0.231. The van der Waals surface area contributed by atoms with E-state index in [9.17, 15) is 0 Å². The lowest BCUT2D eigenvalue weighted by Gasteiger charge is -2.23. The maximum absolute atomic E-state index is 5.50. The molecule has 2 N–H and O–H groups in total. The Balaban J connectivity index is 1.50. The molecule has 1 atom stereocenters. The number of fused-ring (bicyclic) bond motifs is 2. The molecule has 1 unspecified atom stereocenters. The van der Waals surface area contributed by atoms with Crippen LogP contribution in [-0.2, 0) is 0 Å². The smallest absolute Gasteiger partial charge is 0.224 e. The van der Waals surface area contributed by atoms with Crippen molar-refractivity contribution in [1.29, 1.82) is 0 Å². The third kappa shape index (κ3) is 3.82. The average molecular weight is 452 g/mol. The summed E-state index contributed by atoms with van der Waals surface area (Å²) in [6.07, 6.45) is 4.02. The van der Waals surface area contributed by atoms with Crippen molar-refractivity contribution in [2.75, 3.05) is 25.5 Å². The van der Waals surface area contributed by atoms with Crippen molar-refractivity contribution in [1.82, 2.24) is 29.8 Å². The number of imidazole rings is 1. The fourth-order valence-corrected chi connectivity index (χ4v) is 4.48. The van der Waals surface area contributed by atoms with Gasteiger partial charge in [0, 0.05) is 30.2 Å². The maximum atomic E-state index is 5.50. The number of piperidine rings is 1. The SMILES string of the molecule is COc1ccc2nc(-c3ccc4ccccc4n3)n(-c3ccnc(NC4CCCNC4)n3)c2c1. The van der Waals surface area contributed by atoms with Crippen LogP contribution in [0.3, 0.4) is 0 Å². The van der Waals surface area contributed by atoms with Crippen LogP contribution in [0.4, 0.5) is 5.95 Å². The zero-order valence-corrected chi connectivity index (χ0v) is 18.9. The van der Waals surface area contributed by atoms with Crippen molar-refractivity contribution in [3.05, 3.63) is 66.9 Å². The summed E-state index contributed by atoms with van der Waals surface area (Å²) in [7, 11) is 1.67. The number of hydrogen-bond acceptors (Lipinski definition) is 7. The van der Waals surface area contributed by atoms with E-state index < -0.39 is 0 Å². The second-order valence-corrected chi connectivity index (χ2v) is 8.44. The Kier molecular flexibility index (Phi) is 5.27. The van der Waals surface area contributed by atoms with Crippen LogP contribution in [-0.4, -0.2) is 50.7 Å². The largest absolute Gasteiger partial charge is 0.497 e. The van der Waals surface area contributed by atoms with Crippen LogP contribution in [0.5, 0.6) is 5.75 Å². The molecular weight excluding hydrogens is 426 g/mol. The van der Waals surface area contributed by atoms with E-state index in [-0.39, 0.29) is 0 Å². The predicted octanol–water partition coefficient (Wildman–Crippen LogP) is 4.20. The minimum atomic E-state index is 0.310. The lowest BCUT2D eigenvalue weighted by molar-refractivity contribution is 0.415. The fourth-order valence-electron chi connectivity index (χ4n) is 4.48. The van der Waals surface area contributed by atoms with E-state index in [2.05, 4.69) is 27.8 Å². The number of para-hydroxylation sites is 1. The monoisotopic (exact) mass is 451 g/mol. The topological polar surface area (TPSA) is 89.8 Å². The second kappa shape index (κ2) is 8.72. The highest BCUT2D eigenvalue weighted by Crippen LogP contribution is 2.30. The maximum Gasteiger partial charge on any atom is 0.224 e. The molecule has 8 nitrogen and oxygen atoms in total. The van der Waals surface area contributed by atoms with Crippen LogP contribution in [0.15, 0.2) is 66.9 Å². The Morgan fingerprint density at radius 2 is 1.94 bits per heavy atom. The number of methoxy groups -OCH3 is 1. The van der Waals surface area contributed by atoms with Crippen LogP contribution in [0.1, 0.15) is 12.8 Å². The quantitative estimate of drug-likeness (QED) is 0.414. The van der Waals surface area contributed by atoms with E-state index in [4.69, 9.17) is 19.7 Å². The van der Waals surface area contributed by atoms with Gasteiger partial charge in [-0.05, 0) is 49.7 Å². The molecule has 1 aliphatic rings. The number of benzene rings is 2. The van der Waals surface area contributed by atoms with Gasteiger partial charge in [-0.2, -0.15) is 4.98 Å². The molecule has 3 aromatic heterocycles. The molecule has 34 heavy (non-hydrogen) atoms. The third-order valence-corrected chi connectivity index (χ3v) is 6.19. The highest BCUT2D eigenvalue weighted by molar-refractivity contribution is 5.86. The molecule has 4 heterocycles. The first kappa shape index (κ1) is 20.6. The molecule has 170 valence electrons. The molecule has 5 aromatic rings. The van der Waals surface area contributed by atoms with Crippen molar-refractivity contribution < 1.29 is 4.74 Å². The minimum Gasteiger partial charge on any atom is -0.497 e. The molecule has 6 rings (SSSR count). The number of pyridine rings is 1. The van der Waals surface area contributed by atoms with E-state index in [0.717, 1.165) is 71.0 Å². The Morgan fingerprint density at radius 3 is 2.82 bits per heavy atom. The summed E-state index contributed by atoms with van der Waals surface area (Å²) >= 11 is 0. The Labute approximate surface area is 197 Å². The number of ether oxygens (including phenoxy) is 1. The molecule has 2 aromatic carbocycles. The van der Waals surface area contributed by atoms with E-state index in [1.54, 1.807) is 13.3 Å². The second-order valence-electron chi connectivity index (χ2n) is 8.44. The minimum absolute atomic E-state index is 0.310. The summed E-state index contributed by atoms with van der Waals surface area (Å²) < 4.78 is 7.53. The zero-order valence-electron chi connectivity index (χ0n) is 18.9. The number of nitrogens with one attached hydrogen (secondary N) is 2. The highest BCUT2D eigenvalue weighted by Gasteiger charge is 2.19. The number of aromatic nitrogens is 5. The van der Waals surface area contributed by atoms with Crippen LogP contribution in [0.25, 0.3) is 39.3 Å². The summed E-state index contributed by atoms with van der Waals surface area (Å²) in [5, 5.41) is 7.99. The first-order valence-electron chi connectivity index (χ1n) is 11.5. The van der Waals surface area contributed by atoms with Crippen molar-refractivity contribution in [3.63, 3.8) is 0 Å². The van der Waals surface area contributed by atoms with Crippen molar-refractivity contribution in [3.8, 4) is 23.1 Å². The lowest BCUT2D eigenvalue weighted by Crippen LogP contribution is -2.38. The molecule has 0 bridgehead atoms. The molecule has 1 fully saturated rings. The first-order valence-corrected chi connectivity index (χ1v) is 11.5. The van der Waals surface area contributed by atoms with Gasteiger partial charge in [0.25, 0.3) is 0 Å². The average Bonchev–Trinajstić information content (AvgIpc) is 3.28. The molecule has 1 saturated heterocycles. The standard InChI is InChI=1S/C26H25N7O/c1-34-19-9-11-21-23(15-19)33(24-12-14-28-26(32-24)29-18-6-4-13-27-16-18)25(31-21)22-10-8-17-5-2-3-7-20(17)30-22/h2-3,5,7-12,14-15,18,27H,4,6,13,16H2,1H3,(H,28,29,32). The van der Waals surface area contributed by atoms with Crippen LogP contribution < -0.4 is 15.4 Å². The number of anilines is 1. The summed E-state index contributed by atoms with van der Waals surface area (Å²) in [4.78, 5) is 19.2. The number of nitrogens with zero attached hydrogens (tertiary/aromatic N) is 5. The summed E-state index contributed by atoms with van der Waals surface area (Å²) in [5.41, 5.74) is 3.44. The Hall–Kier alpha value is -4.04. The summed E-state index contributed by atoms with van der Waals surface area (Å²) in [5.74, 6) is 2.81. The van der Waals surface area contributed by atoms with Crippen LogP contribution in [0.2, 0.25) is 0 Å². The van der Waals surface area contributed by atoms with Crippen molar-refractivity contribution in [2.45, 2.75) is 18.9 Å². The van der Waals surface area contributed by atoms with E-state index in [1.807, 2.05) is 53.1 Å². The molecular formula is C26H25N7O. The van der Waals surface area contributed by atoms with E-state index >= 15 is 0 Å². The molecule has 1 aliphatic heterocycles. The Morgan fingerprint density at radius 1 is 1.00 bits per heavy atom. The van der Waals surface area contributed by atoms with E-state index in [1.165, 1.54) is 0 Å². The summed E-state index contributed by atoms with van der Waals surface area (Å²) in [6.45, 7) is 1.97. The first-order chi connectivity index (χ1) is 16.8. The van der Waals surface area contributed by atoms with Crippen molar-refractivity contribution in [2.24, 2.45) is 0 Å². The third-order valence-electron chi connectivity index (χ3n) is 6.19. The van der Waals surface area contributed by atoms with Gasteiger partial charge in [-0.25, -0.2) is 15.0 Å². The van der Waals surface area contributed by atoms with Crippen molar-refractivity contribution >= 4 is 27.9 Å². The van der Waals surface area contributed by atoms with Gasteiger partial charge in [0.05, 0.1) is 23.7 Å². The van der Waals surface area contributed by atoms with Gasteiger partial charge in [-0.1, -0.05) is 24.3 Å². The normalized spacial score (nSPS) is 16.1.